The minimum absolute atomic E-state index is 0.123. The Morgan fingerprint density at radius 1 is 1.18 bits per heavy atom. The Labute approximate surface area is 232 Å². The quantitative estimate of drug-likeness (QED) is 0.172. The highest BCUT2D eigenvalue weighted by Crippen LogP contribution is 2.40. The van der Waals surface area contributed by atoms with Crippen LogP contribution in [-0.2, 0) is 20.1 Å². The summed E-state index contributed by atoms with van der Waals surface area (Å²) < 4.78 is 35.3. The maximum atomic E-state index is 12.5. The van der Waals surface area contributed by atoms with Crippen LogP contribution in [0.25, 0.3) is 21.2 Å². The zero-order chi connectivity index (χ0) is 29.0. The number of fused-ring (bicyclic) bond motifs is 2. The summed E-state index contributed by atoms with van der Waals surface area (Å²) in [7, 11) is -3.12. The van der Waals surface area contributed by atoms with Crippen molar-refractivity contribution in [1.29, 1.82) is 0 Å². The van der Waals surface area contributed by atoms with Crippen molar-refractivity contribution in [3.63, 3.8) is 0 Å². The molecule has 4 heterocycles. The van der Waals surface area contributed by atoms with Crippen LogP contribution in [0, 0.1) is 0 Å². The van der Waals surface area contributed by atoms with Gasteiger partial charge >= 0.3 is 5.97 Å². The molecule has 1 aliphatic heterocycles. The van der Waals surface area contributed by atoms with E-state index in [0.29, 0.717) is 58.0 Å². The molecule has 1 atom stereocenters. The molecule has 210 valence electrons. The van der Waals surface area contributed by atoms with E-state index in [2.05, 4.69) is 25.3 Å². The van der Waals surface area contributed by atoms with Crippen molar-refractivity contribution in [1.82, 2.24) is 15.0 Å². The molecule has 40 heavy (non-hydrogen) atoms. The molecule has 13 heteroatoms. The number of azide groups is 1. The summed E-state index contributed by atoms with van der Waals surface area (Å²) in [5, 5.41) is 8.07. The molecule has 0 spiro atoms. The number of esters is 1. The van der Waals surface area contributed by atoms with Gasteiger partial charge in [-0.05, 0) is 48.5 Å². The summed E-state index contributed by atoms with van der Waals surface area (Å²) >= 11 is 0. The van der Waals surface area contributed by atoms with Crippen molar-refractivity contribution in [3.05, 3.63) is 57.9 Å². The maximum absolute atomic E-state index is 12.5. The van der Waals surface area contributed by atoms with Crippen molar-refractivity contribution in [2.75, 3.05) is 11.6 Å². The Bertz CT molecular complexity index is 1680. The molecule has 0 unspecified atom stereocenters. The lowest BCUT2D eigenvalue weighted by molar-refractivity contribution is -0.0189. The van der Waals surface area contributed by atoms with Crippen molar-refractivity contribution in [2.24, 2.45) is 5.11 Å². The average Bonchev–Trinajstić information content (AvgIpc) is 2.83. The highest BCUT2D eigenvalue weighted by atomic mass is 32.2. The Morgan fingerprint density at radius 2 is 1.90 bits per heavy atom. The number of hydrogen-bond acceptors (Lipinski definition) is 10. The zero-order valence-corrected chi connectivity index (χ0v) is 24.0. The monoisotopic (exact) mass is 565 g/mol. The lowest BCUT2D eigenvalue weighted by atomic mass is 9.84. The Balaban J connectivity index is 1.51. The van der Waals surface area contributed by atoms with Gasteiger partial charge in [0.2, 0.25) is 5.88 Å². The minimum atomic E-state index is -3.12. The number of sulfone groups is 1. The van der Waals surface area contributed by atoms with Crippen molar-refractivity contribution < 1.29 is 22.7 Å². The Kier molecular flexibility index (Phi) is 6.62. The third-order valence-corrected chi connectivity index (χ3v) is 9.43. The zero-order valence-electron chi connectivity index (χ0n) is 23.2. The highest BCUT2D eigenvalue weighted by Gasteiger charge is 2.40. The molecule has 2 aliphatic rings. The van der Waals surface area contributed by atoms with E-state index in [1.807, 2.05) is 20.8 Å². The van der Waals surface area contributed by atoms with Crippen LogP contribution in [0.3, 0.4) is 0 Å². The van der Waals surface area contributed by atoms with Gasteiger partial charge < -0.3 is 14.8 Å². The van der Waals surface area contributed by atoms with Crippen molar-refractivity contribution >= 4 is 38.2 Å². The number of ether oxygens (including phenoxy) is 2. The van der Waals surface area contributed by atoms with E-state index >= 15 is 0 Å². The topological polar surface area (TPSA) is 169 Å². The molecule has 0 amide bonds. The first kappa shape index (κ1) is 27.6. The number of nitrogens with zero attached hydrogens (tertiary/aromatic N) is 6. The largest absolute Gasteiger partial charge is 0.474 e. The summed E-state index contributed by atoms with van der Waals surface area (Å²) in [5.74, 6) is 0.780. The van der Waals surface area contributed by atoms with Gasteiger partial charge in [0.15, 0.2) is 9.84 Å². The lowest BCUT2D eigenvalue weighted by Gasteiger charge is -2.36. The van der Waals surface area contributed by atoms with Gasteiger partial charge in [0.1, 0.15) is 23.3 Å². The molecule has 1 fully saturated rings. The molecule has 0 aromatic carbocycles. The number of anilines is 2. The second kappa shape index (κ2) is 9.60. The van der Waals surface area contributed by atoms with Crippen LogP contribution in [0.4, 0.5) is 11.6 Å². The average molecular weight is 566 g/mol. The van der Waals surface area contributed by atoms with Gasteiger partial charge in [0, 0.05) is 42.3 Å². The van der Waals surface area contributed by atoms with E-state index in [1.54, 1.807) is 44.4 Å². The SMILES string of the molecule is C[C@@H]1c2nc(Nc3cc4c(C(C)(C)N=[N+]=[N-])cnc(OC5CC(S(C)(=O)=O)C5)c4cn3)ccc2C(=O)OC1(C)C. The number of hydrogen-bond donors (Lipinski definition) is 1. The van der Waals surface area contributed by atoms with Crippen LogP contribution in [0.1, 0.15) is 75.0 Å². The number of carbonyl (C=O) groups is 1. The fraction of sp³-hybridized carbons (Fsp3) is 0.481. The number of aromatic nitrogens is 3. The highest BCUT2D eigenvalue weighted by molar-refractivity contribution is 7.91. The minimum Gasteiger partial charge on any atom is -0.474 e. The van der Waals surface area contributed by atoms with E-state index < -0.39 is 32.2 Å². The van der Waals surface area contributed by atoms with Gasteiger partial charge in [-0.3, -0.25) is 0 Å². The summed E-state index contributed by atoms with van der Waals surface area (Å²) in [5.41, 5.74) is 9.28. The number of carbonyl (C=O) groups excluding carboxylic acids is 1. The van der Waals surface area contributed by atoms with Gasteiger partial charge in [0.05, 0.1) is 27.4 Å². The molecule has 3 aromatic rings. The lowest BCUT2D eigenvalue weighted by Crippen LogP contribution is -2.42. The smallest absolute Gasteiger partial charge is 0.340 e. The normalized spacial score (nSPS) is 21.9. The van der Waals surface area contributed by atoms with Gasteiger partial charge in [0.25, 0.3) is 0 Å². The second-order valence-corrected chi connectivity index (χ2v) is 13.8. The summed E-state index contributed by atoms with van der Waals surface area (Å²) in [6.07, 6.45) is 4.97. The van der Waals surface area contributed by atoms with Gasteiger partial charge in [-0.25, -0.2) is 28.2 Å². The molecule has 0 bridgehead atoms. The first-order chi connectivity index (χ1) is 18.7. The van der Waals surface area contributed by atoms with Crippen LogP contribution in [0.2, 0.25) is 0 Å². The van der Waals surface area contributed by atoms with Gasteiger partial charge in [-0.1, -0.05) is 25.9 Å². The van der Waals surface area contributed by atoms with E-state index in [-0.39, 0.29) is 12.0 Å². The van der Waals surface area contributed by atoms with Crippen molar-refractivity contribution in [2.45, 2.75) is 75.9 Å². The van der Waals surface area contributed by atoms with E-state index in [4.69, 9.17) is 20.0 Å². The maximum Gasteiger partial charge on any atom is 0.340 e. The van der Waals surface area contributed by atoms with E-state index in [9.17, 15) is 13.2 Å². The van der Waals surface area contributed by atoms with Gasteiger partial charge in [-0.15, -0.1) is 0 Å². The van der Waals surface area contributed by atoms with Crippen molar-refractivity contribution in [3.8, 4) is 5.88 Å². The third kappa shape index (κ3) is 5.02. The third-order valence-electron chi connectivity index (χ3n) is 7.83. The predicted octanol–water partition coefficient (Wildman–Crippen LogP) is 5.32. The summed E-state index contributed by atoms with van der Waals surface area (Å²) in [6.45, 7) is 9.25. The summed E-state index contributed by atoms with van der Waals surface area (Å²) in [4.78, 5) is 29.2. The molecule has 1 saturated carbocycles. The Hall–Kier alpha value is -3.96. The van der Waals surface area contributed by atoms with Gasteiger partial charge in [-0.2, -0.15) is 0 Å². The van der Waals surface area contributed by atoms with Crippen LogP contribution < -0.4 is 10.1 Å². The molecule has 3 aromatic heterocycles. The molecule has 12 nitrogen and oxygen atoms in total. The standard InChI is InChI=1S/C27H31N7O5S/c1-14-23-17(25(35)39-27(14,4)5)7-8-21(32-23)31-22-11-18-19(12-29-22)24(30-13-20(18)26(2,3)33-34-28)38-15-9-16(10-15)40(6,36)37/h7-8,11-16H,9-10H2,1-6H3,(H,29,31,32)/t14-,15?,16?/m1/s1. The molecule has 0 saturated heterocycles. The summed E-state index contributed by atoms with van der Waals surface area (Å²) in [6, 6.07) is 5.18. The Morgan fingerprint density at radius 3 is 2.58 bits per heavy atom. The number of pyridine rings is 3. The first-order valence-electron chi connectivity index (χ1n) is 12.9. The van der Waals surface area contributed by atoms with E-state index in [1.165, 1.54) is 6.26 Å². The van der Waals surface area contributed by atoms with Crippen LogP contribution >= 0.6 is 0 Å². The molecular formula is C27H31N7O5S. The van der Waals surface area contributed by atoms with Crippen LogP contribution in [0.15, 0.2) is 35.7 Å². The van der Waals surface area contributed by atoms with E-state index in [0.717, 1.165) is 0 Å². The first-order valence-corrected chi connectivity index (χ1v) is 14.9. The number of cyclic esters (lactones) is 1. The predicted molar refractivity (Wildman–Crippen MR) is 149 cm³/mol. The van der Waals surface area contributed by atoms with Crippen LogP contribution in [-0.4, -0.2) is 52.5 Å². The molecule has 1 aliphatic carbocycles. The fourth-order valence-electron chi connectivity index (χ4n) is 4.94. The number of nitrogens with one attached hydrogen (secondary N) is 1. The number of rotatable bonds is 7. The fourth-order valence-corrected chi connectivity index (χ4v) is 6.07. The molecule has 5 rings (SSSR count). The molecule has 0 radical (unpaired) electrons. The molecular weight excluding hydrogens is 534 g/mol. The second-order valence-electron chi connectivity index (χ2n) is 11.5. The molecule has 1 N–H and O–H groups in total. The van der Waals surface area contributed by atoms with Crippen LogP contribution in [0.5, 0.6) is 5.88 Å².